The van der Waals surface area contributed by atoms with Crippen LogP contribution in [0, 0.1) is 0 Å². The molecule has 1 amide bonds. The zero-order chi connectivity index (χ0) is 40.1. The molecule has 0 saturated heterocycles. The van der Waals surface area contributed by atoms with Gasteiger partial charge in [-0.3, -0.25) is 14.4 Å². The molecule has 0 bridgehead atoms. The Morgan fingerprint density at radius 2 is 0.873 bits per heavy atom. The number of carbonyl (C=O) groups excluding carboxylic acids is 2. The summed E-state index contributed by atoms with van der Waals surface area (Å²) >= 11 is 0. The van der Waals surface area contributed by atoms with Crippen LogP contribution in [0.15, 0.2) is 48.6 Å². The average molecular weight is 770 g/mol. The minimum absolute atomic E-state index is 0.0898. The van der Waals surface area contributed by atoms with E-state index in [0.717, 1.165) is 77.0 Å². The van der Waals surface area contributed by atoms with Crippen LogP contribution in [0.4, 0.5) is 0 Å². The van der Waals surface area contributed by atoms with E-state index in [4.69, 9.17) is 9.84 Å². The number of aliphatic carboxylic acids is 1. The molecule has 6 nitrogen and oxygen atoms in total. The lowest BCUT2D eigenvalue weighted by Gasteiger charge is -2.14. The molecule has 0 rings (SSSR count). The maximum atomic E-state index is 12.7. The van der Waals surface area contributed by atoms with Crippen molar-refractivity contribution in [2.24, 2.45) is 0 Å². The van der Waals surface area contributed by atoms with Gasteiger partial charge in [0.15, 0.2) is 0 Å². The van der Waals surface area contributed by atoms with Crippen molar-refractivity contribution in [2.75, 3.05) is 6.54 Å². The Labute approximate surface area is 339 Å². The largest absolute Gasteiger partial charge is 0.480 e. The van der Waals surface area contributed by atoms with Gasteiger partial charge in [-0.15, -0.1) is 0 Å². The predicted molar refractivity (Wildman–Crippen MR) is 235 cm³/mol. The number of ether oxygens (including phenoxy) is 1. The van der Waals surface area contributed by atoms with Gasteiger partial charge in [0.05, 0.1) is 0 Å². The third-order valence-corrected chi connectivity index (χ3v) is 10.2. The Balaban J connectivity index is 4.08. The number of carboxylic acids is 1. The second-order valence-corrected chi connectivity index (χ2v) is 15.6. The highest BCUT2D eigenvalue weighted by Gasteiger charge is 2.11. The Morgan fingerprint density at radius 1 is 0.491 bits per heavy atom. The summed E-state index contributed by atoms with van der Waals surface area (Å²) in [6.45, 7) is 4.11. The van der Waals surface area contributed by atoms with Gasteiger partial charge in [0.1, 0.15) is 12.6 Å². The zero-order valence-electron chi connectivity index (χ0n) is 36.0. The number of rotatable bonds is 42. The number of amides is 1. The number of unbranched alkanes of at least 4 members (excludes halogenated alkanes) is 25. The van der Waals surface area contributed by atoms with Crippen molar-refractivity contribution < 1.29 is 24.2 Å². The van der Waals surface area contributed by atoms with Crippen molar-refractivity contribution in [1.82, 2.24) is 5.32 Å². The second-order valence-electron chi connectivity index (χ2n) is 15.6. The molecule has 1 atom stereocenters. The van der Waals surface area contributed by atoms with Gasteiger partial charge >= 0.3 is 11.9 Å². The summed E-state index contributed by atoms with van der Waals surface area (Å²) in [6, 6.07) is 0. The summed E-state index contributed by atoms with van der Waals surface area (Å²) in [4.78, 5) is 35.0. The molecular weight excluding hydrogens is 683 g/mol. The maximum Gasteiger partial charge on any atom is 0.322 e. The smallest absolute Gasteiger partial charge is 0.322 e. The van der Waals surface area contributed by atoms with Gasteiger partial charge in [0.25, 0.3) is 0 Å². The monoisotopic (exact) mass is 770 g/mol. The molecule has 0 aromatic heterocycles. The SMILES string of the molecule is CC/C=C\C/C=C\C/C=C\C/C=C\C(CCCCCCCC(=O)NCC(=O)O)OC(=O)CCCCCCCCCCCCCCCCCCCCCCCC. The van der Waals surface area contributed by atoms with Crippen molar-refractivity contribution in [3.63, 3.8) is 0 Å². The van der Waals surface area contributed by atoms with Crippen LogP contribution in [-0.2, 0) is 19.1 Å². The third kappa shape index (κ3) is 44.0. The van der Waals surface area contributed by atoms with E-state index in [1.807, 2.05) is 0 Å². The Bertz CT molecular complexity index is 984. The van der Waals surface area contributed by atoms with E-state index in [9.17, 15) is 14.4 Å². The van der Waals surface area contributed by atoms with Crippen molar-refractivity contribution >= 4 is 17.8 Å². The summed E-state index contributed by atoms with van der Waals surface area (Å²) < 4.78 is 5.93. The summed E-state index contributed by atoms with van der Waals surface area (Å²) in [5, 5.41) is 11.1. The zero-order valence-corrected chi connectivity index (χ0v) is 36.0. The van der Waals surface area contributed by atoms with Crippen LogP contribution in [0.1, 0.15) is 232 Å². The topological polar surface area (TPSA) is 92.7 Å². The van der Waals surface area contributed by atoms with E-state index < -0.39 is 5.97 Å². The van der Waals surface area contributed by atoms with Gasteiger partial charge in [-0.1, -0.05) is 210 Å². The molecule has 0 fully saturated rings. The van der Waals surface area contributed by atoms with Crippen molar-refractivity contribution in [1.29, 1.82) is 0 Å². The molecule has 0 aromatic rings. The van der Waals surface area contributed by atoms with Crippen LogP contribution in [0.5, 0.6) is 0 Å². The van der Waals surface area contributed by atoms with Crippen LogP contribution in [0.25, 0.3) is 0 Å². The molecule has 1 unspecified atom stereocenters. The van der Waals surface area contributed by atoms with E-state index in [-0.39, 0.29) is 24.5 Å². The predicted octanol–water partition coefficient (Wildman–Crippen LogP) is 14.6. The highest BCUT2D eigenvalue weighted by atomic mass is 16.5. The molecule has 6 heteroatoms. The number of carbonyl (C=O) groups is 3. The summed E-state index contributed by atoms with van der Waals surface area (Å²) in [7, 11) is 0. The lowest BCUT2D eigenvalue weighted by molar-refractivity contribution is -0.147. The lowest BCUT2D eigenvalue weighted by Crippen LogP contribution is -2.28. The summed E-state index contributed by atoms with van der Waals surface area (Å²) in [6.07, 6.45) is 57.0. The van der Waals surface area contributed by atoms with Crippen LogP contribution in [-0.4, -0.2) is 35.6 Å². The fourth-order valence-corrected chi connectivity index (χ4v) is 6.84. The molecule has 0 aliphatic rings. The minimum Gasteiger partial charge on any atom is -0.480 e. The van der Waals surface area contributed by atoms with E-state index in [1.54, 1.807) is 0 Å². The molecule has 0 saturated carbocycles. The molecule has 0 heterocycles. The number of allylic oxidation sites excluding steroid dienone is 7. The van der Waals surface area contributed by atoms with Crippen LogP contribution >= 0.6 is 0 Å². The highest BCUT2D eigenvalue weighted by molar-refractivity contribution is 5.80. The molecule has 55 heavy (non-hydrogen) atoms. The second kappa shape index (κ2) is 44.1. The molecule has 0 aliphatic carbocycles. The van der Waals surface area contributed by atoms with Gasteiger partial charge in [-0.2, -0.15) is 0 Å². The van der Waals surface area contributed by atoms with Gasteiger partial charge in [-0.25, -0.2) is 0 Å². The quantitative estimate of drug-likeness (QED) is 0.0366. The highest BCUT2D eigenvalue weighted by Crippen LogP contribution is 2.17. The fraction of sp³-hybridized carbons (Fsp3) is 0.776. The normalized spacial score (nSPS) is 12.5. The molecule has 318 valence electrons. The summed E-state index contributed by atoms with van der Waals surface area (Å²) in [5.41, 5.74) is 0. The Morgan fingerprint density at radius 3 is 1.31 bits per heavy atom. The number of hydrogen-bond acceptors (Lipinski definition) is 4. The standard InChI is InChI=1S/C49H87NO5/c1-3-5-7-9-11-13-15-16-17-18-19-20-21-22-23-24-25-27-29-31-36-40-44-49(54)55-46(41-37-33-30-28-26-14-12-10-8-6-4-2)42-38-34-32-35-39-43-47(51)50-45-48(52)53/h6,8,12,14,28,30,37,41,46H,3-5,7,9-11,13,15-27,29,31-36,38-40,42-45H2,1-2H3,(H,50,51)(H,52,53)/b8-6-,14-12-,30-28-,41-37-. The third-order valence-electron chi connectivity index (χ3n) is 10.2. The number of esters is 1. The van der Waals surface area contributed by atoms with E-state index in [1.165, 1.54) is 128 Å². The first kappa shape index (κ1) is 52.4. The maximum absolute atomic E-state index is 12.7. The first-order chi connectivity index (χ1) is 27.0. The molecule has 2 N–H and O–H groups in total. The van der Waals surface area contributed by atoms with Crippen molar-refractivity contribution in [3.05, 3.63) is 48.6 Å². The minimum atomic E-state index is -1.03. The van der Waals surface area contributed by atoms with Gasteiger partial charge in [0.2, 0.25) is 5.91 Å². The van der Waals surface area contributed by atoms with Gasteiger partial charge in [-0.05, 0) is 57.4 Å². The Kier molecular flexibility index (Phi) is 42.0. The van der Waals surface area contributed by atoms with E-state index in [2.05, 4.69) is 67.8 Å². The first-order valence-corrected chi connectivity index (χ1v) is 23.3. The van der Waals surface area contributed by atoms with Crippen LogP contribution in [0.2, 0.25) is 0 Å². The van der Waals surface area contributed by atoms with Crippen LogP contribution in [0.3, 0.4) is 0 Å². The fourth-order valence-electron chi connectivity index (χ4n) is 6.84. The molecule has 0 radical (unpaired) electrons. The van der Waals surface area contributed by atoms with E-state index in [0.29, 0.717) is 12.8 Å². The van der Waals surface area contributed by atoms with Crippen molar-refractivity contribution in [2.45, 2.75) is 238 Å². The number of hydrogen-bond donors (Lipinski definition) is 2. The average Bonchev–Trinajstić information content (AvgIpc) is 3.17. The molecule has 0 spiro atoms. The van der Waals surface area contributed by atoms with E-state index >= 15 is 0 Å². The summed E-state index contributed by atoms with van der Waals surface area (Å²) in [5.74, 6) is -1.32. The van der Waals surface area contributed by atoms with Crippen molar-refractivity contribution in [3.8, 4) is 0 Å². The van der Waals surface area contributed by atoms with Crippen LogP contribution < -0.4 is 5.32 Å². The lowest BCUT2D eigenvalue weighted by atomic mass is 10.0. The molecule has 0 aromatic carbocycles. The van der Waals surface area contributed by atoms with Gasteiger partial charge in [0, 0.05) is 12.8 Å². The first-order valence-electron chi connectivity index (χ1n) is 23.3. The molecule has 0 aliphatic heterocycles. The number of carboxylic acid groups (broad SMARTS) is 1. The Hall–Kier alpha value is -2.63. The number of nitrogens with one attached hydrogen (secondary N) is 1. The molecular formula is C49H87NO5. The van der Waals surface area contributed by atoms with Gasteiger partial charge < -0.3 is 15.2 Å².